The van der Waals surface area contributed by atoms with Gasteiger partial charge in [-0.2, -0.15) is 5.26 Å². The number of benzene rings is 2. The standard InChI is InChI=1S/C22H18ClFN2O2/c23-20-13-19(10-7-16(20)14-25)26-21(27)22(28,17-3-1-2-4-17)12-11-15-5-8-18(24)9-6-15/h5-10,13,17,28H,1-4H2,(H,26,27). The van der Waals surface area contributed by atoms with E-state index in [0.29, 0.717) is 29.7 Å². The molecular weight excluding hydrogens is 379 g/mol. The molecule has 4 nitrogen and oxygen atoms in total. The van der Waals surface area contributed by atoms with Crippen LogP contribution in [0.5, 0.6) is 0 Å². The number of amides is 1. The summed E-state index contributed by atoms with van der Waals surface area (Å²) in [5.74, 6) is 4.18. The van der Waals surface area contributed by atoms with E-state index in [9.17, 15) is 14.3 Å². The highest BCUT2D eigenvalue weighted by Crippen LogP contribution is 2.35. The first-order valence-electron chi connectivity index (χ1n) is 8.94. The lowest BCUT2D eigenvalue weighted by Gasteiger charge is -2.27. The van der Waals surface area contributed by atoms with E-state index in [1.165, 1.54) is 36.4 Å². The molecule has 0 aliphatic heterocycles. The van der Waals surface area contributed by atoms with Gasteiger partial charge in [0.2, 0.25) is 5.60 Å². The zero-order valence-electron chi connectivity index (χ0n) is 15.0. The van der Waals surface area contributed by atoms with E-state index < -0.39 is 11.5 Å². The highest BCUT2D eigenvalue weighted by atomic mass is 35.5. The molecule has 1 aliphatic rings. The summed E-state index contributed by atoms with van der Waals surface area (Å²) < 4.78 is 13.1. The Morgan fingerprint density at radius 1 is 1.21 bits per heavy atom. The highest BCUT2D eigenvalue weighted by molar-refractivity contribution is 6.32. The Balaban J connectivity index is 1.89. The van der Waals surface area contributed by atoms with Gasteiger partial charge in [-0.3, -0.25) is 4.79 Å². The number of nitrogens with one attached hydrogen (secondary N) is 1. The van der Waals surface area contributed by atoms with Crippen molar-refractivity contribution in [2.24, 2.45) is 5.92 Å². The van der Waals surface area contributed by atoms with Crippen molar-refractivity contribution in [1.82, 2.24) is 0 Å². The zero-order chi connectivity index (χ0) is 20.1. The van der Waals surface area contributed by atoms with E-state index in [1.54, 1.807) is 6.07 Å². The van der Waals surface area contributed by atoms with Crippen molar-refractivity contribution in [3.8, 4) is 17.9 Å². The van der Waals surface area contributed by atoms with E-state index in [2.05, 4.69) is 17.2 Å². The maximum atomic E-state index is 13.1. The predicted molar refractivity (Wildman–Crippen MR) is 105 cm³/mol. The van der Waals surface area contributed by atoms with Crippen molar-refractivity contribution >= 4 is 23.2 Å². The third kappa shape index (κ3) is 4.34. The summed E-state index contributed by atoms with van der Waals surface area (Å²) in [5.41, 5.74) is -0.714. The topological polar surface area (TPSA) is 73.1 Å². The van der Waals surface area contributed by atoms with Gasteiger partial charge in [-0.1, -0.05) is 36.3 Å². The Morgan fingerprint density at radius 3 is 2.50 bits per heavy atom. The monoisotopic (exact) mass is 396 g/mol. The summed E-state index contributed by atoms with van der Waals surface area (Å²) in [7, 11) is 0. The molecule has 0 heterocycles. The molecule has 1 atom stereocenters. The molecule has 2 N–H and O–H groups in total. The molecule has 1 unspecified atom stereocenters. The number of carbonyl (C=O) groups is 1. The molecule has 1 amide bonds. The van der Waals surface area contributed by atoms with Crippen LogP contribution in [0, 0.1) is 34.9 Å². The van der Waals surface area contributed by atoms with Crippen molar-refractivity contribution in [3.63, 3.8) is 0 Å². The van der Waals surface area contributed by atoms with Gasteiger partial charge >= 0.3 is 0 Å². The number of hydrogen-bond acceptors (Lipinski definition) is 3. The smallest absolute Gasteiger partial charge is 0.269 e. The number of carbonyl (C=O) groups excluding carboxylic acids is 1. The molecule has 142 valence electrons. The van der Waals surface area contributed by atoms with Crippen LogP contribution in [-0.4, -0.2) is 16.6 Å². The molecule has 1 fully saturated rings. The van der Waals surface area contributed by atoms with E-state index in [0.717, 1.165) is 12.8 Å². The predicted octanol–water partition coefficient (Wildman–Crippen LogP) is 4.26. The lowest BCUT2D eigenvalue weighted by atomic mass is 9.85. The second-order valence-electron chi connectivity index (χ2n) is 6.77. The molecule has 2 aromatic rings. The van der Waals surface area contributed by atoms with Crippen LogP contribution in [0.15, 0.2) is 42.5 Å². The minimum absolute atomic E-state index is 0.210. The number of aliphatic hydroxyl groups is 1. The molecule has 0 radical (unpaired) electrons. The normalized spacial score (nSPS) is 15.8. The van der Waals surface area contributed by atoms with Gasteiger partial charge in [0, 0.05) is 17.2 Å². The number of anilines is 1. The molecule has 3 rings (SSSR count). The average Bonchev–Trinajstić information content (AvgIpc) is 3.23. The van der Waals surface area contributed by atoms with E-state index >= 15 is 0 Å². The van der Waals surface area contributed by atoms with Gasteiger partial charge in [-0.05, 0) is 55.3 Å². The Morgan fingerprint density at radius 2 is 1.89 bits per heavy atom. The molecule has 0 spiro atoms. The SMILES string of the molecule is N#Cc1ccc(NC(=O)C(O)(C#Cc2ccc(F)cc2)C2CCCC2)cc1Cl. The summed E-state index contributed by atoms with van der Waals surface area (Å²) in [6.45, 7) is 0. The van der Waals surface area contributed by atoms with Crippen LogP contribution in [0.1, 0.15) is 36.8 Å². The molecule has 1 aliphatic carbocycles. The first-order valence-corrected chi connectivity index (χ1v) is 9.32. The minimum atomic E-state index is -1.88. The zero-order valence-corrected chi connectivity index (χ0v) is 15.8. The Kier molecular flexibility index (Phi) is 5.99. The number of rotatable bonds is 3. The van der Waals surface area contributed by atoms with E-state index in [-0.39, 0.29) is 16.8 Å². The third-order valence-corrected chi connectivity index (χ3v) is 5.19. The van der Waals surface area contributed by atoms with Crippen LogP contribution in [0.3, 0.4) is 0 Å². The lowest BCUT2D eigenvalue weighted by Crippen LogP contribution is -2.47. The van der Waals surface area contributed by atoms with Gasteiger partial charge in [0.25, 0.3) is 5.91 Å². The van der Waals surface area contributed by atoms with Crippen molar-refractivity contribution in [2.75, 3.05) is 5.32 Å². The fourth-order valence-electron chi connectivity index (χ4n) is 3.30. The summed E-state index contributed by atoms with van der Waals surface area (Å²) in [5, 5.41) is 23.0. The van der Waals surface area contributed by atoms with Crippen LogP contribution in [0.2, 0.25) is 5.02 Å². The van der Waals surface area contributed by atoms with Gasteiger partial charge in [0.15, 0.2) is 0 Å². The van der Waals surface area contributed by atoms with Gasteiger partial charge in [-0.25, -0.2) is 4.39 Å². The minimum Gasteiger partial charge on any atom is -0.369 e. The quantitative estimate of drug-likeness (QED) is 0.761. The third-order valence-electron chi connectivity index (χ3n) is 4.88. The summed E-state index contributed by atoms with van der Waals surface area (Å²) in [4.78, 5) is 12.9. The molecule has 28 heavy (non-hydrogen) atoms. The second kappa shape index (κ2) is 8.44. The maximum absolute atomic E-state index is 13.1. The summed E-state index contributed by atoms with van der Waals surface area (Å²) in [6.07, 6.45) is 3.22. The first kappa shape index (κ1) is 19.9. The Hall–Kier alpha value is -2.86. The molecular formula is C22H18ClFN2O2. The van der Waals surface area contributed by atoms with Crippen molar-refractivity contribution in [2.45, 2.75) is 31.3 Å². The first-order chi connectivity index (χ1) is 13.4. The van der Waals surface area contributed by atoms with Crippen LogP contribution in [-0.2, 0) is 4.79 Å². The number of hydrogen-bond donors (Lipinski definition) is 2. The van der Waals surface area contributed by atoms with Gasteiger partial charge in [-0.15, -0.1) is 0 Å². The van der Waals surface area contributed by atoms with E-state index in [4.69, 9.17) is 16.9 Å². The molecule has 0 saturated heterocycles. The number of halogens is 2. The second-order valence-corrected chi connectivity index (χ2v) is 7.17. The van der Waals surface area contributed by atoms with Crippen LogP contribution >= 0.6 is 11.6 Å². The Bertz CT molecular complexity index is 982. The average molecular weight is 397 g/mol. The lowest BCUT2D eigenvalue weighted by molar-refractivity contribution is -0.132. The van der Waals surface area contributed by atoms with Gasteiger partial charge < -0.3 is 10.4 Å². The molecule has 1 saturated carbocycles. The maximum Gasteiger partial charge on any atom is 0.269 e. The number of nitrogens with zero attached hydrogens (tertiary/aromatic N) is 1. The van der Waals surface area contributed by atoms with Crippen LogP contribution < -0.4 is 5.32 Å². The van der Waals surface area contributed by atoms with Crippen molar-refractivity contribution in [3.05, 3.63) is 64.4 Å². The molecule has 6 heteroatoms. The fraction of sp³-hybridized carbons (Fsp3) is 0.273. The number of nitriles is 1. The Labute approximate surface area is 167 Å². The highest BCUT2D eigenvalue weighted by Gasteiger charge is 2.44. The molecule has 0 aromatic heterocycles. The molecule has 2 aromatic carbocycles. The summed E-state index contributed by atoms with van der Waals surface area (Å²) >= 11 is 6.01. The largest absolute Gasteiger partial charge is 0.369 e. The molecule has 0 bridgehead atoms. The van der Waals surface area contributed by atoms with Crippen molar-refractivity contribution in [1.29, 1.82) is 5.26 Å². The van der Waals surface area contributed by atoms with Crippen LogP contribution in [0.25, 0.3) is 0 Å². The van der Waals surface area contributed by atoms with Gasteiger partial charge in [0.05, 0.1) is 10.6 Å². The summed E-state index contributed by atoms with van der Waals surface area (Å²) in [6, 6.07) is 12.0. The van der Waals surface area contributed by atoms with Crippen LogP contribution in [0.4, 0.5) is 10.1 Å². The van der Waals surface area contributed by atoms with Crippen molar-refractivity contribution < 1.29 is 14.3 Å². The van der Waals surface area contributed by atoms with Gasteiger partial charge in [0.1, 0.15) is 11.9 Å². The van der Waals surface area contributed by atoms with E-state index in [1.807, 2.05) is 6.07 Å². The fourth-order valence-corrected chi connectivity index (χ4v) is 3.52.